The second-order valence-electron chi connectivity index (χ2n) is 4.99. The van der Waals surface area contributed by atoms with Gasteiger partial charge in [-0.25, -0.2) is 0 Å². The quantitative estimate of drug-likeness (QED) is 0.754. The number of nitrogens with zero attached hydrogens (tertiary/aromatic N) is 1. The van der Waals surface area contributed by atoms with Crippen molar-refractivity contribution in [3.8, 4) is 0 Å². The molecular formula is C14H26N2O. The lowest BCUT2D eigenvalue weighted by atomic mass is 10.3. The summed E-state index contributed by atoms with van der Waals surface area (Å²) in [5.41, 5.74) is 0. The lowest BCUT2D eigenvalue weighted by molar-refractivity contribution is 0.285. The van der Waals surface area contributed by atoms with Crippen molar-refractivity contribution in [1.82, 2.24) is 10.2 Å². The van der Waals surface area contributed by atoms with E-state index in [1.807, 2.05) is 0 Å². The van der Waals surface area contributed by atoms with Crippen molar-refractivity contribution in [1.29, 1.82) is 0 Å². The molecule has 3 nitrogen and oxygen atoms in total. The van der Waals surface area contributed by atoms with Crippen LogP contribution in [0.3, 0.4) is 0 Å². The van der Waals surface area contributed by atoms with Crippen LogP contribution >= 0.6 is 0 Å². The van der Waals surface area contributed by atoms with Gasteiger partial charge in [0.25, 0.3) is 0 Å². The van der Waals surface area contributed by atoms with E-state index in [9.17, 15) is 0 Å². The molecule has 1 heterocycles. The minimum Gasteiger partial charge on any atom is -0.463 e. The molecule has 0 saturated carbocycles. The highest BCUT2D eigenvalue weighted by molar-refractivity contribution is 5.07. The largest absolute Gasteiger partial charge is 0.463 e. The van der Waals surface area contributed by atoms with Gasteiger partial charge in [-0.2, -0.15) is 0 Å². The summed E-state index contributed by atoms with van der Waals surface area (Å²) in [5.74, 6) is 2.08. The van der Waals surface area contributed by atoms with Gasteiger partial charge in [0.2, 0.25) is 0 Å². The number of hydrogen-bond donors (Lipinski definition) is 1. The second-order valence-corrected chi connectivity index (χ2v) is 4.99. The molecule has 1 rings (SSSR count). The average molecular weight is 238 g/mol. The Balaban J connectivity index is 2.34. The van der Waals surface area contributed by atoms with Crippen LogP contribution in [0.5, 0.6) is 0 Å². The summed E-state index contributed by atoms with van der Waals surface area (Å²) in [7, 11) is 2.14. The number of nitrogens with one attached hydrogen (secondary N) is 1. The van der Waals surface area contributed by atoms with Crippen LogP contribution in [-0.4, -0.2) is 24.5 Å². The molecule has 98 valence electrons. The molecule has 1 aromatic rings. The number of unbranched alkanes of at least 4 members (excludes halogenated alkanes) is 1. The summed E-state index contributed by atoms with van der Waals surface area (Å²) in [6, 6.07) is 4.65. The van der Waals surface area contributed by atoms with Gasteiger partial charge in [0.15, 0.2) is 0 Å². The zero-order valence-electron chi connectivity index (χ0n) is 11.6. The van der Waals surface area contributed by atoms with Gasteiger partial charge in [0, 0.05) is 6.04 Å². The molecule has 0 saturated heterocycles. The van der Waals surface area contributed by atoms with Crippen LogP contribution in [0.4, 0.5) is 0 Å². The summed E-state index contributed by atoms with van der Waals surface area (Å²) in [5, 5.41) is 3.36. The van der Waals surface area contributed by atoms with Gasteiger partial charge >= 0.3 is 0 Å². The Morgan fingerprint density at radius 3 is 2.65 bits per heavy atom. The van der Waals surface area contributed by atoms with Crippen molar-refractivity contribution in [3.05, 3.63) is 23.7 Å². The first-order valence-electron chi connectivity index (χ1n) is 6.61. The highest BCUT2D eigenvalue weighted by atomic mass is 16.3. The fourth-order valence-corrected chi connectivity index (χ4v) is 1.68. The topological polar surface area (TPSA) is 28.4 Å². The number of hydrogen-bond acceptors (Lipinski definition) is 3. The van der Waals surface area contributed by atoms with Crippen LogP contribution in [0.15, 0.2) is 16.5 Å². The molecule has 0 atom stereocenters. The molecule has 0 aliphatic heterocycles. The molecule has 0 fully saturated rings. The number of rotatable bonds is 8. The normalized spacial score (nSPS) is 11.6. The standard InChI is InChI=1S/C14H26N2O/c1-5-6-9-16(4)11-14-8-7-13(17-14)10-15-12(2)3/h7-8,12,15H,5-6,9-11H2,1-4H3. The molecule has 3 heteroatoms. The first kappa shape index (κ1) is 14.3. The predicted molar refractivity (Wildman–Crippen MR) is 71.9 cm³/mol. The third-order valence-electron chi connectivity index (χ3n) is 2.72. The molecule has 0 unspecified atom stereocenters. The highest BCUT2D eigenvalue weighted by Gasteiger charge is 2.05. The summed E-state index contributed by atoms with van der Waals surface area (Å²) in [4.78, 5) is 2.31. The van der Waals surface area contributed by atoms with Crippen molar-refractivity contribution in [2.75, 3.05) is 13.6 Å². The Morgan fingerprint density at radius 1 is 1.29 bits per heavy atom. The van der Waals surface area contributed by atoms with E-state index >= 15 is 0 Å². The lowest BCUT2D eigenvalue weighted by Crippen LogP contribution is -2.21. The predicted octanol–water partition coefficient (Wildman–Crippen LogP) is 3.01. The molecule has 1 aromatic heterocycles. The van der Waals surface area contributed by atoms with Crippen molar-refractivity contribution >= 4 is 0 Å². The first-order chi connectivity index (χ1) is 8.11. The van der Waals surface area contributed by atoms with E-state index in [0.29, 0.717) is 6.04 Å². The SMILES string of the molecule is CCCCN(C)Cc1ccc(CNC(C)C)o1. The monoisotopic (exact) mass is 238 g/mol. The molecular weight excluding hydrogens is 212 g/mol. The van der Waals surface area contributed by atoms with Gasteiger partial charge in [-0.15, -0.1) is 0 Å². The van der Waals surface area contributed by atoms with Gasteiger partial charge in [0.1, 0.15) is 11.5 Å². The van der Waals surface area contributed by atoms with E-state index in [1.54, 1.807) is 0 Å². The second kappa shape index (κ2) is 7.51. The minimum absolute atomic E-state index is 0.496. The van der Waals surface area contributed by atoms with Crippen molar-refractivity contribution < 1.29 is 4.42 Å². The summed E-state index contributed by atoms with van der Waals surface area (Å²) >= 11 is 0. The fraction of sp³-hybridized carbons (Fsp3) is 0.714. The van der Waals surface area contributed by atoms with Gasteiger partial charge in [-0.3, -0.25) is 4.90 Å². The Labute approximate surface area is 105 Å². The third kappa shape index (κ3) is 5.89. The molecule has 0 radical (unpaired) electrons. The Bertz CT molecular complexity index is 307. The van der Waals surface area contributed by atoms with Crippen molar-refractivity contribution in [3.63, 3.8) is 0 Å². The molecule has 0 aliphatic rings. The van der Waals surface area contributed by atoms with Gasteiger partial charge < -0.3 is 9.73 Å². The lowest BCUT2D eigenvalue weighted by Gasteiger charge is -2.14. The minimum atomic E-state index is 0.496. The maximum atomic E-state index is 5.78. The van der Waals surface area contributed by atoms with Crippen LogP contribution < -0.4 is 5.32 Å². The van der Waals surface area contributed by atoms with E-state index in [4.69, 9.17) is 4.42 Å². The zero-order valence-corrected chi connectivity index (χ0v) is 11.6. The van der Waals surface area contributed by atoms with E-state index < -0.39 is 0 Å². The van der Waals surface area contributed by atoms with Crippen molar-refractivity contribution in [2.24, 2.45) is 0 Å². The Morgan fingerprint density at radius 2 is 2.00 bits per heavy atom. The average Bonchev–Trinajstić information content (AvgIpc) is 2.71. The van der Waals surface area contributed by atoms with Crippen LogP contribution in [-0.2, 0) is 13.1 Å². The number of furan rings is 1. The van der Waals surface area contributed by atoms with Crippen LogP contribution in [0.2, 0.25) is 0 Å². The third-order valence-corrected chi connectivity index (χ3v) is 2.72. The first-order valence-corrected chi connectivity index (χ1v) is 6.61. The summed E-state index contributed by atoms with van der Waals surface area (Å²) < 4.78 is 5.78. The zero-order chi connectivity index (χ0) is 12.7. The van der Waals surface area contributed by atoms with E-state index in [2.05, 4.69) is 50.2 Å². The highest BCUT2D eigenvalue weighted by Crippen LogP contribution is 2.10. The van der Waals surface area contributed by atoms with E-state index in [-0.39, 0.29) is 0 Å². The molecule has 0 spiro atoms. The maximum absolute atomic E-state index is 5.78. The van der Waals surface area contributed by atoms with Crippen LogP contribution in [0.1, 0.15) is 45.1 Å². The molecule has 17 heavy (non-hydrogen) atoms. The van der Waals surface area contributed by atoms with E-state index in [0.717, 1.165) is 31.2 Å². The Kier molecular flexibility index (Phi) is 6.30. The van der Waals surface area contributed by atoms with Gasteiger partial charge in [-0.05, 0) is 32.1 Å². The fourth-order valence-electron chi connectivity index (χ4n) is 1.68. The Hall–Kier alpha value is -0.800. The maximum Gasteiger partial charge on any atom is 0.118 e. The van der Waals surface area contributed by atoms with Gasteiger partial charge in [-0.1, -0.05) is 27.2 Å². The van der Waals surface area contributed by atoms with Crippen LogP contribution in [0, 0.1) is 0 Å². The molecule has 1 N–H and O–H groups in total. The van der Waals surface area contributed by atoms with Gasteiger partial charge in [0.05, 0.1) is 13.1 Å². The van der Waals surface area contributed by atoms with E-state index in [1.165, 1.54) is 12.8 Å². The van der Waals surface area contributed by atoms with Crippen LogP contribution in [0.25, 0.3) is 0 Å². The smallest absolute Gasteiger partial charge is 0.118 e. The molecule has 0 amide bonds. The summed E-state index contributed by atoms with van der Waals surface area (Å²) in [6.07, 6.45) is 2.49. The molecule has 0 aliphatic carbocycles. The molecule has 0 aromatic carbocycles. The molecule has 0 bridgehead atoms. The summed E-state index contributed by atoms with van der Waals surface area (Å²) in [6.45, 7) is 9.36. The van der Waals surface area contributed by atoms with Crippen molar-refractivity contribution in [2.45, 2.75) is 52.7 Å².